The minimum absolute atomic E-state index is 0.0871. The fourth-order valence-corrected chi connectivity index (χ4v) is 3.13. The van der Waals surface area contributed by atoms with Gasteiger partial charge in [-0.3, -0.25) is 10.1 Å². The second-order valence-electron chi connectivity index (χ2n) is 6.84. The zero-order valence-electron chi connectivity index (χ0n) is 16.0. The van der Waals surface area contributed by atoms with Crippen LogP contribution in [0.25, 0.3) is 0 Å². The Morgan fingerprint density at radius 3 is 2.32 bits per heavy atom. The lowest BCUT2D eigenvalue weighted by molar-refractivity contribution is -0.384. The third-order valence-electron chi connectivity index (χ3n) is 4.46. The van der Waals surface area contributed by atoms with Gasteiger partial charge >= 0.3 is 6.03 Å². The molecule has 0 bridgehead atoms. The van der Waals surface area contributed by atoms with Gasteiger partial charge in [-0.05, 0) is 44.2 Å². The van der Waals surface area contributed by atoms with Gasteiger partial charge in [0, 0.05) is 37.9 Å². The van der Waals surface area contributed by atoms with Crippen molar-refractivity contribution >= 4 is 23.1 Å². The van der Waals surface area contributed by atoms with Gasteiger partial charge in [-0.1, -0.05) is 12.1 Å². The number of carbonyl (C=O) groups is 1. The number of rotatable bonds is 5. The second-order valence-corrected chi connectivity index (χ2v) is 6.84. The summed E-state index contributed by atoms with van der Waals surface area (Å²) in [5.41, 5.74) is 1.37. The van der Waals surface area contributed by atoms with E-state index < -0.39 is 0 Å². The first-order valence-corrected chi connectivity index (χ1v) is 9.25. The predicted octanol–water partition coefficient (Wildman–Crippen LogP) is 3.74. The number of hydrogen-bond donors (Lipinski definition) is 1. The van der Waals surface area contributed by atoms with Crippen LogP contribution >= 0.6 is 0 Å². The van der Waals surface area contributed by atoms with E-state index in [0.717, 1.165) is 5.75 Å². The van der Waals surface area contributed by atoms with Gasteiger partial charge in [0.15, 0.2) is 0 Å². The number of nitro groups is 1. The van der Waals surface area contributed by atoms with Gasteiger partial charge in [0.25, 0.3) is 5.69 Å². The molecule has 2 aromatic rings. The molecule has 0 aromatic heterocycles. The number of nitrogens with zero attached hydrogens (tertiary/aromatic N) is 3. The van der Waals surface area contributed by atoms with Gasteiger partial charge < -0.3 is 19.9 Å². The van der Waals surface area contributed by atoms with Gasteiger partial charge in [0.2, 0.25) is 0 Å². The van der Waals surface area contributed by atoms with E-state index in [2.05, 4.69) is 5.32 Å². The Morgan fingerprint density at radius 2 is 1.71 bits per heavy atom. The number of carbonyl (C=O) groups excluding carboxylic acids is 1. The van der Waals surface area contributed by atoms with Crippen molar-refractivity contribution < 1.29 is 14.5 Å². The lowest BCUT2D eigenvalue weighted by atomic mass is 10.2. The molecule has 0 atom stereocenters. The molecule has 0 aliphatic carbocycles. The van der Waals surface area contributed by atoms with Crippen LogP contribution in [0.15, 0.2) is 48.5 Å². The van der Waals surface area contributed by atoms with Crippen molar-refractivity contribution in [2.75, 3.05) is 36.4 Å². The van der Waals surface area contributed by atoms with Crippen molar-refractivity contribution in [3.8, 4) is 5.75 Å². The molecule has 1 aliphatic rings. The summed E-state index contributed by atoms with van der Waals surface area (Å²) in [4.78, 5) is 27.0. The number of urea groups is 1. The number of amides is 2. The Labute approximate surface area is 163 Å². The van der Waals surface area contributed by atoms with E-state index in [1.807, 2.05) is 30.9 Å². The average Bonchev–Trinajstić information content (AvgIpc) is 2.69. The highest BCUT2D eigenvalue weighted by Crippen LogP contribution is 2.28. The topological polar surface area (TPSA) is 88.0 Å². The van der Waals surface area contributed by atoms with Gasteiger partial charge in [-0.15, -0.1) is 0 Å². The Kier molecular flexibility index (Phi) is 5.98. The van der Waals surface area contributed by atoms with Crippen LogP contribution in [0.4, 0.5) is 21.9 Å². The summed E-state index contributed by atoms with van der Waals surface area (Å²) < 4.78 is 5.59. The number of nitro benzene ring substituents is 1. The predicted molar refractivity (Wildman–Crippen MR) is 108 cm³/mol. The Bertz CT molecular complexity index is 830. The number of piperazine rings is 1. The Hall–Kier alpha value is -3.29. The molecular formula is C20H24N4O4. The lowest BCUT2D eigenvalue weighted by Gasteiger charge is -2.35. The summed E-state index contributed by atoms with van der Waals surface area (Å²) >= 11 is 0. The highest BCUT2D eigenvalue weighted by atomic mass is 16.6. The quantitative estimate of drug-likeness (QED) is 0.627. The first-order chi connectivity index (χ1) is 13.4. The maximum Gasteiger partial charge on any atom is 0.321 e. The van der Waals surface area contributed by atoms with Crippen LogP contribution in [0.1, 0.15) is 13.8 Å². The largest absolute Gasteiger partial charge is 0.491 e. The van der Waals surface area contributed by atoms with Crippen molar-refractivity contribution in [3.63, 3.8) is 0 Å². The standard InChI is InChI=1S/C20H24N4O4/c1-15(2)28-17-9-7-16(8-10-17)21-20(25)23-13-11-22(12-14-23)18-5-3-4-6-19(18)24(26)27/h3-10,15H,11-14H2,1-2H3,(H,21,25). The maximum atomic E-state index is 12.5. The molecule has 0 spiro atoms. The van der Waals surface area contributed by atoms with E-state index in [0.29, 0.717) is 37.6 Å². The first-order valence-electron chi connectivity index (χ1n) is 9.25. The third kappa shape index (κ3) is 4.70. The van der Waals surface area contributed by atoms with Crippen molar-refractivity contribution in [2.45, 2.75) is 20.0 Å². The molecule has 1 heterocycles. The van der Waals surface area contributed by atoms with E-state index in [1.165, 1.54) is 6.07 Å². The number of nitrogens with one attached hydrogen (secondary N) is 1. The fourth-order valence-electron chi connectivity index (χ4n) is 3.13. The number of benzene rings is 2. The zero-order valence-corrected chi connectivity index (χ0v) is 16.0. The van der Waals surface area contributed by atoms with Crippen molar-refractivity contribution in [3.05, 3.63) is 58.6 Å². The first kappa shape index (κ1) is 19.5. The smallest absolute Gasteiger partial charge is 0.321 e. The van der Waals surface area contributed by atoms with E-state index in [-0.39, 0.29) is 22.7 Å². The van der Waals surface area contributed by atoms with Gasteiger partial charge in [0.05, 0.1) is 11.0 Å². The summed E-state index contributed by atoms with van der Waals surface area (Å²) in [7, 11) is 0. The molecule has 0 radical (unpaired) electrons. The normalized spacial score (nSPS) is 14.1. The molecule has 8 heteroatoms. The molecule has 1 fully saturated rings. The van der Waals surface area contributed by atoms with Crippen LogP contribution in [-0.2, 0) is 0 Å². The minimum atomic E-state index is -0.374. The Morgan fingerprint density at radius 1 is 1.07 bits per heavy atom. The van der Waals surface area contributed by atoms with Crippen LogP contribution in [0.3, 0.4) is 0 Å². The second kappa shape index (κ2) is 8.60. The number of ether oxygens (including phenoxy) is 1. The van der Waals surface area contributed by atoms with Crippen molar-refractivity contribution in [2.24, 2.45) is 0 Å². The zero-order chi connectivity index (χ0) is 20.1. The summed E-state index contributed by atoms with van der Waals surface area (Å²) in [6, 6.07) is 13.8. The van der Waals surface area contributed by atoms with Crippen LogP contribution in [0, 0.1) is 10.1 Å². The SMILES string of the molecule is CC(C)Oc1ccc(NC(=O)N2CCN(c3ccccc3[N+](=O)[O-])CC2)cc1. The van der Waals surface area contributed by atoms with Crippen molar-refractivity contribution in [1.29, 1.82) is 0 Å². The molecule has 28 heavy (non-hydrogen) atoms. The van der Waals surface area contributed by atoms with E-state index >= 15 is 0 Å². The molecule has 2 aromatic carbocycles. The van der Waals surface area contributed by atoms with Crippen LogP contribution in [-0.4, -0.2) is 48.1 Å². The molecule has 1 aliphatic heterocycles. The minimum Gasteiger partial charge on any atom is -0.491 e. The average molecular weight is 384 g/mol. The summed E-state index contributed by atoms with van der Waals surface area (Å²) in [6.45, 7) is 5.98. The molecule has 2 amide bonds. The fraction of sp³-hybridized carbons (Fsp3) is 0.350. The van der Waals surface area contributed by atoms with Crippen LogP contribution < -0.4 is 15.0 Å². The number of anilines is 2. The molecule has 3 rings (SSSR count). The monoisotopic (exact) mass is 384 g/mol. The van der Waals surface area contributed by atoms with Gasteiger partial charge in [0.1, 0.15) is 11.4 Å². The molecule has 148 valence electrons. The third-order valence-corrected chi connectivity index (χ3v) is 4.46. The Balaban J connectivity index is 1.56. The van der Waals surface area contributed by atoms with Gasteiger partial charge in [-0.25, -0.2) is 4.79 Å². The number of para-hydroxylation sites is 2. The molecule has 1 saturated heterocycles. The highest BCUT2D eigenvalue weighted by Gasteiger charge is 2.25. The summed E-state index contributed by atoms with van der Waals surface area (Å²) in [6.07, 6.45) is 0.0946. The molecule has 8 nitrogen and oxygen atoms in total. The number of hydrogen-bond acceptors (Lipinski definition) is 5. The lowest BCUT2D eigenvalue weighted by Crippen LogP contribution is -2.50. The molecular weight excluding hydrogens is 360 g/mol. The molecule has 0 unspecified atom stereocenters. The van der Waals surface area contributed by atoms with Crippen molar-refractivity contribution in [1.82, 2.24) is 4.90 Å². The molecule has 0 saturated carbocycles. The van der Waals surface area contributed by atoms with E-state index in [1.54, 1.807) is 35.2 Å². The van der Waals surface area contributed by atoms with Crippen LogP contribution in [0.2, 0.25) is 0 Å². The summed E-state index contributed by atoms with van der Waals surface area (Å²) in [5.74, 6) is 0.756. The van der Waals surface area contributed by atoms with Gasteiger partial charge in [-0.2, -0.15) is 0 Å². The molecule has 1 N–H and O–H groups in total. The van der Waals surface area contributed by atoms with Crippen LogP contribution in [0.5, 0.6) is 5.75 Å². The maximum absolute atomic E-state index is 12.5. The highest BCUT2D eigenvalue weighted by molar-refractivity contribution is 5.89. The van der Waals surface area contributed by atoms with E-state index in [4.69, 9.17) is 4.74 Å². The van der Waals surface area contributed by atoms with E-state index in [9.17, 15) is 14.9 Å². The summed E-state index contributed by atoms with van der Waals surface area (Å²) in [5, 5.41) is 14.1.